The molecule has 1 aliphatic heterocycles. The number of nitrogens with zero attached hydrogens (tertiary/aromatic N) is 2. The van der Waals surface area contributed by atoms with Gasteiger partial charge in [0.25, 0.3) is 0 Å². The molecule has 1 aliphatic rings. The number of amides is 2. The van der Waals surface area contributed by atoms with Crippen LogP contribution in [0.3, 0.4) is 0 Å². The van der Waals surface area contributed by atoms with Crippen LogP contribution >= 0.6 is 0 Å². The predicted octanol–water partition coefficient (Wildman–Crippen LogP) is 2.23. The second-order valence-corrected chi connectivity index (χ2v) is 6.49. The van der Waals surface area contributed by atoms with Gasteiger partial charge >= 0.3 is 16.5 Å². The molecule has 134 valence electrons. The Morgan fingerprint density at radius 2 is 1.96 bits per heavy atom. The van der Waals surface area contributed by atoms with Crippen LogP contribution in [0.2, 0.25) is 0 Å². The molecule has 0 bridgehead atoms. The first kappa shape index (κ1) is 18.5. The number of carbonyl (C=O) groups is 1. The number of halogens is 1. The summed E-state index contributed by atoms with van der Waals surface area (Å²) >= 11 is 0. The van der Waals surface area contributed by atoms with Gasteiger partial charge in [-0.1, -0.05) is 17.7 Å². The van der Waals surface area contributed by atoms with Gasteiger partial charge in [-0.2, -0.15) is 8.42 Å². The maximum Gasteiger partial charge on any atom is 0.488 e. The molecule has 0 aromatic heterocycles. The number of rotatable bonds is 6. The molecule has 0 saturated carbocycles. The number of urea groups is 1. The molecule has 9 heteroatoms. The largest absolute Gasteiger partial charge is 0.488 e. The molecule has 1 unspecified atom stereocenters. The van der Waals surface area contributed by atoms with Crippen molar-refractivity contribution in [2.45, 2.75) is 26.3 Å². The molecular formula is C15H22FN3O4S. The summed E-state index contributed by atoms with van der Waals surface area (Å²) < 4.78 is 37.3. The Labute approximate surface area is 141 Å². The number of likely N-dealkylation sites (tertiary alicyclic amines) is 1. The van der Waals surface area contributed by atoms with Crippen LogP contribution in [0.15, 0.2) is 24.3 Å². The molecule has 1 fully saturated rings. The molecule has 0 radical (unpaired) electrons. The van der Waals surface area contributed by atoms with Crippen molar-refractivity contribution in [1.29, 1.82) is 0 Å². The van der Waals surface area contributed by atoms with Crippen molar-refractivity contribution in [3.63, 3.8) is 0 Å². The lowest BCUT2D eigenvalue weighted by Crippen LogP contribution is -2.39. The van der Waals surface area contributed by atoms with Crippen molar-refractivity contribution < 1.29 is 21.3 Å². The van der Waals surface area contributed by atoms with E-state index < -0.39 is 10.5 Å². The average molecular weight is 359 g/mol. The van der Waals surface area contributed by atoms with Gasteiger partial charge in [-0.3, -0.25) is 4.90 Å². The quantitative estimate of drug-likeness (QED) is 0.788. The van der Waals surface area contributed by atoms with Gasteiger partial charge < -0.3 is 14.4 Å². The first-order valence-electron chi connectivity index (χ1n) is 7.86. The number of carbonyl (C=O) groups excluding carboxylic acids is 1. The summed E-state index contributed by atoms with van der Waals surface area (Å²) in [6, 6.07) is 5.62. The molecule has 0 spiro atoms. The van der Waals surface area contributed by atoms with Crippen LogP contribution in [0, 0.1) is 0 Å². The summed E-state index contributed by atoms with van der Waals surface area (Å²) in [6.45, 7) is 7.48. The fourth-order valence-corrected chi connectivity index (χ4v) is 3.22. The number of hydrogen-bond donors (Lipinski definition) is 1. The van der Waals surface area contributed by atoms with Gasteiger partial charge in [0.05, 0.1) is 0 Å². The van der Waals surface area contributed by atoms with Gasteiger partial charge in [-0.15, -0.1) is 0 Å². The van der Waals surface area contributed by atoms with Gasteiger partial charge in [-0.25, -0.2) is 4.79 Å². The SMILES string of the molecule is CCN(CC)C1CCN(C(=O)Nc2ccc(OS(=O)(=O)F)cc2)C1. The van der Waals surface area contributed by atoms with E-state index in [1.54, 1.807) is 4.90 Å². The first-order valence-corrected chi connectivity index (χ1v) is 9.17. The van der Waals surface area contributed by atoms with E-state index >= 15 is 0 Å². The lowest BCUT2D eigenvalue weighted by Gasteiger charge is -2.26. The highest BCUT2D eigenvalue weighted by Crippen LogP contribution is 2.20. The molecule has 1 atom stereocenters. The number of hydrogen-bond acceptors (Lipinski definition) is 5. The standard InChI is InChI=1S/C15H22FN3O4S/c1-3-18(4-2)13-9-10-19(11-13)15(20)17-12-5-7-14(8-6-12)23-24(16,21)22/h5-8,13H,3-4,9-11H2,1-2H3,(H,17,20). The fraction of sp³-hybridized carbons (Fsp3) is 0.533. The fourth-order valence-electron chi connectivity index (χ4n) is 2.88. The number of likely N-dealkylation sites (N-methyl/N-ethyl adjacent to an activating group) is 1. The molecule has 2 rings (SSSR count). The summed E-state index contributed by atoms with van der Waals surface area (Å²) in [5.41, 5.74) is 0.481. The smallest absolute Gasteiger partial charge is 0.358 e. The van der Waals surface area contributed by atoms with Crippen LogP contribution in [0.4, 0.5) is 14.4 Å². The topological polar surface area (TPSA) is 79.0 Å². The van der Waals surface area contributed by atoms with Crippen molar-refractivity contribution in [3.05, 3.63) is 24.3 Å². The van der Waals surface area contributed by atoms with Crippen LogP contribution in [0.25, 0.3) is 0 Å². The zero-order valence-corrected chi connectivity index (χ0v) is 14.6. The highest BCUT2D eigenvalue weighted by atomic mass is 32.3. The van der Waals surface area contributed by atoms with E-state index in [2.05, 4.69) is 28.2 Å². The van der Waals surface area contributed by atoms with E-state index in [1.165, 1.54) is 24.3 Å². The van der Waals surface area contributed by atoms with Crippen LogP contribution in [0.5, 0.6) is 5.75 Å². The average Bonchev–Trinajstić information content (AvgIpc) is 2.99. The normalized spacial score (nSPS) is 18.0. The summed E-state index contributed by atoms with van der Waals surface area (Å²) in [5, 5.41) is 2.74. The molecule has 7 nitrogen and oxygen atoms in total. The first-order chi connectivity index (χ1) is 11.3. The minimum Gasteiger partial charge on any atom is -0.358 e. The van der Waals surface area contributed by atoms with Gasteiger partial charge in [0, 0.05) is 24.8 Å². The molecular weight excluding hydrogens is 337 g/mol. The minimum atomic E-state index is -5.05. The lowest BCUT2D eigenvalue weighted by molar-refractivity contribution is 0.202. The molecule has 1 aromatic rings. The minimum absolute atomic E-state index is 0.154. The van der Waals surface area contributed by atoms with Gasteiger partial charge in [-0.05, 0) is 43.8 Å². The predicted molar refractivity (Wildman–Crippen MR) is 89.0 cm³/mol. The molecule has 1 heterocycles. The lowest BCUT2D eigenvalue weighted by atomic mass is 10.2. The van der Waals surface area contributed by atoms with E-state index in [9.17, 15) is 17.1 Å². The maximum atomic E-state index is 12.4. The van der Waals surface area contributed by atoms with Gasteiger partial charge in [0.1, 0.15) is 5.75 Å². The summed E-state index contributed by atoms with van der Waals surface area (Å²) in [5.74, 6) is -0.154. The second-order valence-electron chi connectivity index (χ2n) is 5.54. The van der Waals surface area contributed by atoms with E-state index in [0.29, 0.717) is 24.8 Å². The Hall–Kier alpha value is -1.87. The third-order valence-electron chi connectivity index (χ3n) is 4.08. The zero-order valence-electron chi connectivity index (χ0n) is 13.7. The third-order valence-corrected chi connectivity index (χ3v) is 4.47. The Kier molecular flexibility index (Phi) is 6.00. The van der Waals surface area contributed by atoms with Crippen molar-refractivity contribution in [2.75, 3.05) is 31.5 Å². The number of anilines is 1. The van der Waals surface area contributed by atoms with Gasteiger partial charge in [0.15, 0.2) is 0 Å². The second kappa shape index (κ2) is 7.80. The monoisotopic (exact) mass is 359 g/mol. The van der Waals surface area contributed by atoms with Crippen molar-refractivity contribution in [1.82, 2.24) is 9.80 Å². The molecule has 24 heavy (non-hydrogen) atoms. The molecule has 1 aromatic carbocycles. The van der Waals surface area contributed by atoms with E-state index in [1.807, 2.05) is 0 Å². The maximum absolute atomic E-state index is 12.4. The highest BCUT2D eigenvalue weighted by molar-refractivity contribution is 7.81. The summed E-state index contributed by atoms with van der Waals surface area (Å²) in [6.07, 6.45) is 0.941. The Morgan fingerprint density at radius 1 is 1.33 bits per heavy atom. The van der Waals surface area contributed by atoms with Crippen LogP contribution < -0.4 is 9.50 Å². The summed E-state index contributed by atoms with van der Waals surface area (Å²) in [7, 11) is -5.05. The van der Waals surface area contributed by atoms with E-state index in [4.69, 9.17) is 0 Å². The highest BCUT2D eigenvalue weighted by Gasteiger charge is 2.29. The van der Waals surface area contributed by atoms with Crippen LogP contribution in [0.1, 0.15) is 20.3 Å². The van der Waals surface area contributed by atoms with E-state index in [-0.39, 0.29) is 11.8 Å². The zero-order chi connectivity index (χ0) is 17.7. The van der Waals surface area contributed by atoms with Crippen molar-refractivity contribution in [3.8, 4) is 5.75 Å². The molecule has 2 amide bonds. The molecule has 0 aliphatic carbocycles. The Balaban J connectivity index is 1.91. The molecule has 1 N–H and O–H groups in total. The van der Waals surface area contributed by atoms with Gasteiger partial charge in [0.2, 0.25) is 0 Å². The Morgan fingerprint density at radius 3 is 2.50 bits per heavy atom. The van der Waals surface area contributed by atoms with Crippen LogP contribution in [-0.4, -0.2) is 56.5 Å². The summed E-state index contributed by atoms with van der Waals surface area (Å²) in [4.78, 5) is 16.4. The van der Waals surface area contributed by atoms with Crippen molar-refractivity contribution >= 4 is 22.2 Å². The van der Waals surface area contributed by atoms with Crippen molar-refractivity contribution in [2.24, 2.45) is 0 Å². The third kappa shape index (κ3) is 5.07. The number of benzene rings is 1. The van der Waals surface area contributed by atoms with E-state index in [0.717, 1.165) is 19.5 Å². The molecule has 1 saturated heterocycles. The van der Waals surface area contributed by atoms with Crippen LogP contribution in [-0.2, 0) is 10.5 Å². The Bertz CT molecular complexity index is 662. The number of nitrogens with one attached hydrogen (secondary N) is 1.